The van der Waals surface area contributed by atoms with Crippen molar-refractivity contribution in [3.05, 3.63) is 35.4 Å². The average molecular weight is 326 g/mol. The van der Waals surface area contributed by atoms with Crippen LogP contribution in [0, 0.1) is 0 Å². The van der Waals surface area contributed by atoms with Gasteiger partial charge in [0.2, 0.25) is 0 Å². The van der Waals surface area contributed by atoms with E-state index in [9.17, 15) is 9.59 Å². The lowest BCUT2D eigenvalue weighted by atomic mass is 10.1. The molecule has 0 unspecified atom stereocenters. The topological polar surface area (TPSA) is 70.2 Å². The second-order valence-corrected chi connectivity index (χ2v) is 5.33. The Morgan fingerprint density at radius 1 is 1.18 bits per heavy atom. The zero-order valence-electron chi connectivity index (χ0n) is 12.9. The molecule has 1 aromatic rings. The standard InChI is InChI=1S/C16H23N3O2.ClH/c1-2-8-18-15(20)12-4-3-5-13(11-12)16(21)19-14-6-9-17-10-7-14;/h3-5,11,14,17H,2,6-10H2,1H3,(H,18,20)(H,19,21);1H. The molecule has 1 heterocycles. The number of benzene rings is 1. The summed E-state index contributed by atoms with van der Waals surface area (Å²) in [5, 5.41) is 9.12. The quantitative estimate of drug-likeness (QED) is 0.772. The van der Waals surface area contributed by atoms with Gasteiger partial charge in [-0.3, -0.25) is 9.59 Å². The fourth-order valence-electron chi connectivity index (χ4n) is 2.38. The smallest absolute Gasteiger partial charge is 0.251 e. The van der Waals surface area contributed by atoms with Crippen molar-refractivity contribution in [2.24, 2.45) is 0 Å². The summed E-state index contributed by atoms with van der Waals surface area (Å²) in [5.74, 6) is -0.236. The molecule has 2 rings (SSSR count). The summed E-state index contributed by atoms with van der Waals surface area (Å²) in [5.41, 5.74) is 1.07. The van der Waals surface area contributed by atoms with E-state index in [0.717, 1.165) is 32.4 Å². The molecule has 0 aromatic heterocycles. The van der Waals surface area contributed by atoms with Crippen LogP contribution >= 0.6 is 12.4 Å². The maximum absolute atomic E-state index is 12.2. The highest BCUT2D eigenvalue weighted by molar-refractivity contribution is 5.99. The van der Waals surface area contributed by atoms with Gasteiger partial charge in [0.15, 0.2) is 0 Å². The van der Waals surface area contributed by atoms with Gasteiger partial charge in [-0.25, -0.2) is 0 Å². The van der Waals surface area contributed by atoms with Crippen LogP contribution in [0.3, 0.4) is 0 Å². The highest BCUT2D eigenvalue weighted by Gasteiger charge is 2.17. The maximum atomic E-state index is 12.2. The number of hydrogen-bond donors (Lipinski definition) is 3. The molecule has 5 nitrogen and oxygen atoms in total. The Morgan fingerprint density at radius 2 is 1.82 bits per heavy atom. The minimum Gasteiger partial charge on any atom is -0.352 e. The van der Waals surface area contributed by atoms with Crippen LogP contribution < -0.4 is 16.0 Å². The predicted octanol–water partition coefficient (Wildman–Crippen LogP) is 1.73. The minimum atomic E-state index is -0.131. The van der Waals surface area contributed by atoms with E-state index in [1.165, 1.54) is 0 Å². The molecule has 22 heavy (non-hydrogen) atoms. The van der Waals surface area contributed by atoms with Crippen molar-refractivity contribution in [2.75, 3.05) is 19.6 Å². The number of carbonyl (C=O) groups excluding carboxylic acids is 2. The van der Waals surface area contributed by atoms with E-state index in [0.29, 0.717) is 17.7 Å². The van der Waals surface area contributed by atoms with E-state index < -0.39 is 0 Å². The van der Waals surface area contributed by atoms with Crippen LogP contribution in [-0.4, -0.2) is 37.5 Å². The van der Waals surface area contributed by atoms with Gasteiger partial charge in [-0.1, -0.05) is 13.0 Å². The third-order valence-corrected chi connectivity index (χ3v) is 3.60. The first-order chi connectivity index (χ1) is 10.2. The molecule has 0 bridgehead atoms. The molecular weight excluding hydrogens is 302 g/mol. The van der Waals surface area contributed by atoms with Crippen LogP contribution in [0.5, 0.6) is 0 Å². The van der Waals surface area contributed by atoms with Gasteiger partial charge in [0.05, 0.1) is 0 Å². The van der Waals surface area contributed by atoms with Crippen molar-refractivity contribution in [2.45, 2.75) is 32.2 Å². The van der Waals surface area contributed by atoms with Gasteiger partial charge in [-0.15, -0.1) is 12.4 Å². The molecule has 0 aliphatic carbocycles. The van der Waals surface area contributed by atoms with E-state index in [1.54, 1.807) is 24.3 Å². The number of hydrogen-bond acceptors (Lipinski definition) is 3. The van der Waals surface area contributed by atoms with Gasteiger partial charge in [0.1, 0.15) is 0 Å². The number of nitrogens with one attached hydrogen (secondary N) is 3. The molecule has 1 aliphatic heterocycles. The van der Waals surface area contributed by atoms with Crippen molar-refractivity contribution >= 4 is 24.2 Å². The third kappa shape index (κ3) is 5.31. The van der Waals surface area contributed by atoms with E-state index in [-0.39, 0.29) is 30.3 Å². The summed E-state index contributed by atoms with van der Waals surface area (Å²) < 4.78 is 0. The highest BCUT2D eigenvalue weighted by atomic mass is 35.5. The predicted molar refractivity (Wildman–Crippen MR) is 89.7 cm³/mol. The number of halogens is 1. The second kappa shape index (κ2) is 9.43. The van der Waals surface area contributed by atoms with Gasteiger partial charge < -0.3 is 16.0 Å². The van der Waals surface area contributed by atoms with E-state index in [2.05, 4.69) is 16.0 Å². The van der Waals surface area contributed by atoms with Crippen molar-refractivity contribution in [3.63, 3.8) is 0 Å². The molecule has 1 aliphatic rings. The van der Waals surface area contributed by atoms with Crippen molar-refractivity contribution in [3.8, 4) is 0 Å². The Kier molecular flexibility index (Phi) is 7.91. The first kappa shape index (κ1) is 18.5. The maximum Gasteiger partial charge on any atom is 0.251 e. The molecule has 6 heteroatoms. The lowest BCUT2D eigenvalue weighted by molar-refractivity contribution is 0.0929. The molecule has 1 saturated heterocycles. The van der Waals surface area contributed by atoms with Gasteiger partial charge >= 0.3 is 0 Å². The van der Waals surface area contributed by atoms with Crippen LogP contribution in [-0.2, 0) is 0 Å². The van der Waals surface area contributed by atoms with Crippen LogP contribution in [0.25, 0.3) is 0 Å². The van der Waals surface area contributed by atoms with Crippen LogP contribution in [0.4, 0.5) is 0 Å². The van der Waals surface area contributed by atoms with E-state index in [4.69, 9.17) is 0 Å². The van der Waals surface area contributed by atoms with Gasteiger partial charge in [-0.05, 0) is 50.6 Å². The Morgan fingerprint density at radius 3 is 2.45 bits per heavy atom. The Bertz CT molecular complexity index is 502. The van der Waals surface area contributed by atoms with E-state index in [1.807, 2.05) is 6.92 Å². The Hall–Kier alpha value is -1.59. The highest BCUT2D eigenvalue weighted by Crippen LogP contribution is 2.08. The molecule has 0 saturated carbocycles. The summed E-state index contributed by atoms with van der Waals surface area (Å²) in [6.45, 7) is 4.52. The molecule has 0 atom stereocenters. The number of piperidine rings is 1. The first-order valence-corrected chi connectivity index (χ1v) is 7.60. The SMILES string of the molecule is CCCNC(=O)c1cccc(C(=O)NC2CCNCC2)c1.Cl. The van der Waals surface area contributed by atoms with Crippen molar-refractivity contribution in [1.82, 2.24) is 16.0 Å². The van der Waals surface area contributed by atoms with Crippen molar-refractivity contribution < 1.29 is 9.59 Å². The van der Waals surface area contributed by atoms with Crippen LogP contribution in [0.2, 0.25) is 0 Å². The second-order valence-electron chi connectivity index (χ2n) is 5.33. The third-order valence-electron chi connectivity index (χ3n) is 3.60. The fourth-order valence-corrected chi connectivity index (χ4v) is 2.38. The lowest BCUT2D eigenvalue weighted by Crippen LogP contribution is -2.42. The summed E-state index contributed by atoms with van der Waals surface area (Å²) >= 11 is 0. The summed E-state index contributed by atoms with van der Waals surface area (Å²) in [6, 6.07) is 7.09. The molecule has 3 N–H and O–H groups in total. The Balaban J connectivity index is 0.00000242. The van der Waals surface area contributed by atoms with Gasteiger partial charge in [-0.2, -0.15) is 0 Å². The fraction of sp³-hybridized carbons (Fsp3) is 0.500. The molecule has 0 spiro atoms. The van der Waals surface area contributed by atoms with Gasteiger partial charge in [0, 0.05) is 23.7 Å². The monoisotopic (exact) mass is 325 g/mol. The molecular formula is C16H24ClN3O2. The molecule has 2 amide bonds. The van der Waals surface area contributed by atoms with E-state index >= 15 is 0 Å². The van der Waals surface area contributed by atoms with Crippen LogP contribution in [0.15, 0.2) is 24.3 Å². The normalized spacial score (nSPS) is 14.8. The number of rotatable bonds is 5. The summed E-state index contributed by atoms with van der Waals surface area (Å²) in [6.07, 6.45) is 2.78. The molecule has 0 radical (unpaired) electrons. The zero-order chi connectivity index (χ0) is 15.1. The molecule has 1 aromatic carbocycles. The Labute approximate surface area is 137 Å². The minimum absolute atomic E-state index is 0. The largest absolute Gasteiger partial charge is 0.352 e. The number of carbonyl (C=O) groups is 2. The lowest BCUT2D eigenvalue weighted by Gasteiger charge is -2.23. The molecule has 122 valence electrons. The summed E-state index contributed by atoms with van der Waals surface area (Å²) in [4.78, 5) is 24.2. The number of amides is 2. The van der Waals surface area contributed by atoms with Gasteiger partial charge in [0.25, 0.3) is 11.8 Å². The summed E-state index contributed by atoms with van der Waals surface area (Å²) in [7, 11) is 0. The van der Waals surface area contributed by atoms with Crippen molar-refractivity contribution in [1.29, 1.82) is 0 Å². The van der Waals surface area contributed by atoms with Crippen LogP contribution in [0.1, 0.15) is 46.9 Å². The first-order valence-electron chi connectivity index (χ1n) is 7.60. The molecule has 1 fully saturated rings. The average Bonchev–Trinajstić information content (AvgIpc) is 2.53. The zero-order valence-corrected chi connectivity index (χ0v) is 13.7.